The van der Waals surface area contributed by atoms with Gasteiger partial charge in [-0.15, -0.1) is 0 Å². The van der Waals surface area contributed by atoms with Crippen LogP contribution in [0.5, 0.6) is 0 Å². The highest BCUT2D eigenvalue weighted by Crippen LogP contribution is 2.19. The van der Waals surface area contributed by atoms with Gasteiger partial charge in [-0.25, -0.2) is 4.79 Å². The van der Waals surface area contributed by atoms with Crippen LogP contribution in [0.3, 0.4) is 0 Å². The third-order valence-corrected chi connectivity index (χ3v) is 10.1. The van der Waals surface area contributed by atoms with Crippen molar-refractivity contribution < 1.29 is 48.3 Å². The average molecular weight is 775 g/mol. The molecule has 12 nitrogen and oxygen atoms in total. The standard InChI is InChI=1S/C42H80N2O9.H2O/c1-5-9-13-15-21-38(19-11-7-3)35-49-37-48-31-32-50-40(45)23-27-44(30-29-43-25-17-18-26-43)28-24-41(46)51-33-34-52-42(47)53-36-39(20-12-8-4)22-16-14-10-6-2;/h38-39H,5-37H2,1-4H3;1H2. The summed E-state index contributed by atoms with van der Waals surface area (Å²) in [6.07, 6.45) is 21.2. The molecule has 0 aromatic heterocycles. The van der Waals surface area contributed by atoms with E-state index in [9.17, 15) is 14.4 Å². The molecule has 0 aliphatic carbocycles. The Morgan fingerprint density at radius 2 is 1.06 bits per heavy atom. The lowest BCUT2D eigenvalue weighted by atomic mass is 9.96. The summed E-state index contributed by atoms with van der Waals surface area (Å²) in [6, 6.07) is 0. The van der Waals surface area contributed by atoms with Crippen LogP contribution < -0.4 is 0 Å². The van der Waals surface area contributed by atoms with Crippen molar-refractivity contribution in [3.05, 3.63) is 0 Å². The first kappa shape index (κ1) is 52.0. The third-order valence-electron chi connectivity index (χ3n) is 10.1. The molecule has 0 radical (unpaired) electrons. The lowest BCUT2D eigenvalue weighted by Crippen LogP contribution is -2.36. The molecule has 2 atom stereocenters. The SMILES string of the molecule is CCCCCCC(CCCC)COCOCCOC(=O)CCN(CCC(=O)OCCOC(=O)OCC(CCCC)CCCCCC)CCN1CCCC1.O. The van der Waals surface area contributed by atoms with Crippen molar-refractivity contribution in [3.8, 4) is 0 Å². The Hall–Kier alpha value is -1.99. The molecule has 0 amide bonds. The van der Waals surface area contributed by atoms with E-state index < -0.39 is 6.16 Å². The average Bonchev–Trinajstić information content (AvgIpc) is 3.69. The summed E-state index contributed by atoms with van der Waals surface area (Å²) >= 11 is 0. The predicted octanol–water partition coefficient (Wildman–Crippen LogP) is 8.12. The molecule has 12 heteroatoms. The second-order valence-corrected chi connectivity index (χ2v) is 14.9. The monoisotopic (exact) mass is 775 g/mol. The van der Waals surface area contributed by atoms with E-state index in [1.807, 2.05) is 0 Å². The van der Waals surface area contributed by atoms with E-state index in [1.165, 1.54) is 83.5 Å². The molecular weight excluding hydrogens is 692 g/mol. The van der Waals surface area contributed by atoms with Crippen LogP contribution in [-0.2, 0) is 38.0 Å². The molecule has 0 aromatic carbocycles. The highest BCUT2D eigenvalue weighted by atomic mass is 16.7. The van der Waals surface area contributed by atoms with Gasteiger partial charge in [-0.05, 0) is 63.5 Å². The van der Waals surface area contributed by atoms with Crippen molar-refractivity contribution in [2.75, 3.05) is 85.7 Å². The number of esters is 2. The van der Waals surface area contributed by atoms with Crippen LogP contribution in [0.15, 0.2) is 0 Å². The molecule has 2 N–H and O–H groups in total. The van der Waals surface area contributed by atoms with Crippen LogP contribution in [0, 0.1) is 11.8 Å². The molecule has 1 aliphatic heterocycles. The summed E-state index contributed by atoms with van der Waals surface area (Å²) in [5.74, 6) is 0.285. The van der Waals surface area contributed by atoms with Crippen LogP contribution in [0.1, 0.15) is 156 Å². The zero-order valence-electron chi connectivity index (χ0n) is 35.1. The van der Waals surface area contributed by atoms with Crippen LogP contribution in [0.2, 0.25) is 0 Å². The summed E-state index contributed by atoms with van der Waals surface area (Å²) < 4.78 is 32.6. The van der Waals surface area contributed by atoms with Crippen molar-refractivity contribution in [3.63, 3.8) is 0 Å². The maximum Gasteiger partial charge on any atom is 0.508 e. The Balaban J connectivity index is 0.0000281. The van der Waals surface area contributed by atoms with Crippen LogP contribution in [0.4, 0.5) is 4.79 Å². The number of unbranched alkanes of at least 4 members (excludes halogenated alkanes) is 8. The fourth-order valence-corrected chi connectivity index (χ4v) is 6.65. The lowest BCUT2D eigenvalue weighted by molar-refractivity contribution is -0.147. The molecule has 0 aromatic rings. The summed E-state index contributed by atoms with van der Waals surface area (Å²) in [6.45, 7) is 15.3. The second kappa shape index (κ2) is 37.9. The first-order valence-corrected chi connectivity index (χ1v) is 21.6. The zero-order valence-corrected chi connectivity index (χ0v) is 35.1. The van der Waals surface area contributed by atoms with Gasteiger partial charge in [-0.2, -0.15) is 0 Å². The molecule has 320 valence electrons. The number of carbonyl (C=O) groups excluding carboxylic acids is 3. The first-order valence-electron chi connectivity index (χ1n) is 21.6. The molecule has 0 bridgehead atoms. The van der Waals surface area contributed by atoms with Crippen LogP contribution in [-0.4, -0.2) is 119 Å². The molecular formula is C42H82N2O10. The Labute approximate surface area is 329 Å². The Bertz CT molecular complexity index is 874. The number of likely N-dealkylation sites (tertiary alicyclic amines) is 1. The quantitative estimate of drug-likeness (QED) is 0.0261. The second-order valence-electron chi connectivity index (χ2n) is 14.9. The van der Waals surface area contributed by atoms with Gasteiger partial charge in [0.1, 0.15) is 26.6 Å². The maximum absolute atomic E-state index is 12.5. The van der Waals surface area contributed by atoms with Crippen molar-refractivity contribution in [1.29, 1.82) is 0 Å². The van der Waals surface area contributed by atoms with E-state index in [4.69, 9.17) is 28.4 Å². The highest BCUT2D eigenvalue weighted by molar-refractivity contribution is 5.70. The molecule has 1 saturated heterocycles. The lowest BCUT2D eigenvalue weighted by Gasteiger charge is -2.24. The van der Waals surface area contributed by atoms with E-state index in [-0.39, 0.29) is 56.9 Å². The van der Waals surface area contributed by atoms with Gasteiger partial charge in [0.25, 0.3) is 0 Å². The van der Waals surface area contributed by atoms with Crippen molar-refractivity contribution in [1.82, 2.24) is 9.80 Å². The molecule has 1 heterocycles. The zero-order chi connectivity index (χ0) is 38.6. The molecule has 0 spiro atoms. The van der Waals surface area contributed by atoms with E-state index in [1.54, 1.807) is 0 Å². The Morgan fingerprint density at radius 1 is 0.556 bits per heavy atom. The number of hydrogen-bond acceptors (Lipinski definition) is 11. The van der Waals surface area contributed by atoms with Crippen molar-refractivity contribution in [2.45, 2.75) is 156 Å². The van der Waals surface area contributed by atoms with Gasteiger partial charge >= 0.3 is 18.1 Å². The van der Waals surface area contributed by atoms with E-state index in [0.717, 1.165) is 58.3 Å². The minimum Gasteiger partial charge on any atom is -0.463 e. The Kier molecular flexibility index (Phi) is 36.5. The normalized spacial score (nSPS) is 14.1. The minimum absolute atomic E-state index is 0. The fourth-order valence-electron chi connectivity index (χ4n) is 6.65. The van der Waals surface area contributed by atoms with Crippen molar-refractivity contribution in [2.24, 2.45) is 11.8 Å². The first-order chi connectivity index (χ1) is 25.9. The maximum atomic E-state index is 12.5. The summed E-state index contributed by atoms with van der Waals surface area (Å²) in [5, 5.41) is 0. The van der Waals surface area contributed by atoms with Gasteiger partial charge in [0.2, 0.25) is 0 Å². The number of nitrogens with zero attached hydrogens (tertiary/aromatic N) is 2. The predicted molar refractivity (Wildman–Crippen MR) is 214 cm³/mol. The molecule has 1 fully saturated rings. The summed E-state index contributed by atoms with van der Waals surface area (Å²) in [4.78, 5) is 41.7. The van der Waals surface area contributed by atoms with Crippen LogP contribution >= 0.6 is 0 Å². The summed E-state index contributed by atoms with van der Waals surface area (Å²) in [5.41, 5.74) is 0. The molecule has 0 saturated carbocycles. The van der Waals surface area contributed by atoms with Gasteiger partial charge in [-0.3, -0.25) is 9.59 Å². The number of ether oxygens (including phenoxy) is 6. The van der Waals surface area contributed by atoms with Gasteiger partial charge in [-0.1, -0.05) is 105 Å². The third kappa shape index (κ3) is 31.2. The Morgan fingerprint density at radius 3 is 1.61 bits per heavy atom. The van der Waals surface area contributed by atoms with E-state index in [2.05, 4.69) is 37.5 Å². The smallest absolute Gasteiger partial charge is 0.463 e. The van der Waals surface area contributed by atoms with E-state index >= 15 is 0 Å². The number of hydrogen-bond donors (Lipinski definition) is 0. The molecule has 2 unspecified atom stereocenters. The van der Waals surface area contributed by atoms with Gasteiger partial charge in [0.15, 0.2) is 0 Å². The van der Waals surface area contributed by atoms with Crippen LogP contribution in [0.25, 0.3) is 0 Å². The fraction of sp³-hybridized carbons (Fsp3) is 0.929. The topological polar surface area (TPSA) is 145 Å². The largest absolute Gasteiger partial charge is 0.508 e. The molecule has 1 aliphatic rings. The van der Waals surface area contributed by atoms with Gasteiger partial charge < -0.3 is 43.7 Å². The van der Waals surface area contributed by atoms with Gasteiger partial charge in [0.05, 0.1) is 32.7 Å². The molecule has 54 heavy (non-hydrogen) atoms. The van der Waals surface area contributed by atoms with Crippen molar-refractivity contribution >= 4 is 18.1 Å². The highest BCUT2D eigenvalue weighted by Gasteiger charge is 2.17. The minimum atomic E-state index is -0.713. The number of rotatable bonds is 37. The number of carbonyl (C=O) groups is 3. The van der Waals surface area contributed by atoms with E-state index in [0.29, 0.717) is 44.7 Å². The van der Waals surface area contributed by atoms with Gasteiger partial charge in [0, 0.05) is 26.2 Å². The summed E-state index contributed by atoms with van der Waals surface area (Å²) in [7, 11) is 0. The molecule has 1 rings (SSSR count).